The van der Waals surface area contributed by atoms with Crippen molar-refractivity contribution in [2.75, 3.05) is 19.0 Å². The topological polar surface area (TPSA) is 47.6 Å². The minimum absolute atomic E-state index is 0.104. The standard InChI is InChI=1S/C20H27NO3/c1-5-7-14-20(3,24-6-2)19(22)21-17-12-13-18(23-4)16-11-9-8-10-15(16)17/h8-13H,5-7,14H2,1-4H3,(H,21,22)/t20-/m1/s1. The number of nitrogens with one attached hydrogen (secondary N) is 1. The molecule has 4 nitrogen and oxygen atoms in total. The number of unbranched alkanes of at least 4 members (excludes halogenated alkanes) is 1. The van der Waals surface area contributed by atoms with Crippen LogP contribution in [-0.2, 0) is 9.53 Å². The van der Waals surface area contributed by atoms with Crippen molar-refractivity contribution in [1.82, 2.24) is 0 Å². The first-order valence-corrected chi connectivity index (χ1v) is 8.57. The Morgan fingerprint density at radius 2 is 1.83 bits per heavy atom. The van der Waals surface area contributed by atoms with E-state index >= 15 is 0 Å². The molecule has 0 aliphatic carbocycles. The van der Waals surface area contributed by atoms with Crippen molar-refractivity contribution in [2.24, 2.45) is 0 Å². The molecule has 0 radical (unpaired) electrons. The molecule has 1 N–H and O–H groups in total. The number of hydrogen-bond donors (Lipinski definition) is 1. The minimum Gasteiger partial charge on any atom is -0.496 e. The number of carbonyl (C=O) groups excluding carboxylic acids is 1. The van der Waals surface area contributed by atoms with Crippen LogP contribution in [0, 0.1) is 0 Å². The average molecular weight is 329 g/mol. The van der Waals surface area contributed by atoms with Crippen molar-refractivity contribution in [3.8, 4) is 5.75 Å². The first-order valence-electron chi connectivity index (χ1n) is 8.57. The number of benzene rings is 2. The van der Waals surface area contributed by atoms with Gasteiger partial charge in [-0.05, 0) is 32.4 Å². The molecule has 2 aromatic rings. The number of ether oxygens (including phenoxy) is 2. The number of amides is 1. The predicted octanol–water partition coefficient (Wildman–Crippen LogP) is 4.77. The summed E-state index contributed by atoms with van der Waals surface area (Å²) in [7, 11) is 1.65. The molecule has 0 aliphatic rings. The Labute approximate surface area is 144 Å². The van der Waals surface area contributed by atoms with E-state index in [0.29, 0.717) is 13.0 Å². The highest BCUT2D eigenvalue weighted by atomic mass is 16.5. The molecule has 130 valence electrons. The third-order valence-corrected chi connectivity index (χ3v) is 4.30. The van der Waals surface area contributed by atoms with Gasteiger partial charge in [0.1, 0.15) is 11.4 Å². The quantitative estimate of drug-likeness (QED) is 0.758. The number of carbonyl (C=O) groups is 1. The maximum absolute atomic E-state index is 12.9. The minimum atomic E-state index is -0.814. The smallest absolute Gasteiger partial charge is 0.256 e. The van der Waals surface area contributed by atoms with E-state index in [-0.39, 0.29) is 5.91 Å². The molecular formula is C20H27NO3. The molecule has 1 atom stereocenters. The summed E-state index contributed by atoms with van der Waals surface area (Å²) in [6.07, 6.45) is 2.69. The summed E-state index contributed by atoms with van der Waals surface area (Å²) in [5, 5.41) is 4.99. The summed E-state index contributed by atoms with van der Waals surface area (Å²) < 4.78 is 11.2. The van der Waals surface area contributed by atoms with Crippen LogP contribution in [-0.4, -0.2) is 25.2 Å². The van der Waals surface area contributed by atoms with Crippen molar-refractivity contribution < 1.29 is 14.3 Å². The fraction of sp³-hybridized carbons (Fsp3) is 0.450. The lowest BCUT2D eigenvalue weighted by Crippen LogP contribution is -2.42. The fourth-order valence-electron chi connectivity index (χ4n) is 2.90. The van der Waals surface area contributed by atoms with Crippen LogP contribution < -0.4 is 10.1 Å². The molecule has 0 saturated heterocycles. The van der Waals surface area contributed by atoms with E-state index in [1.165, 1.54) is 0 Å². The summed E-state index contributed by atoms with van der Waals surface area (Å²) in [5.74, 6) is 0.690. The molecule has 0 heterocycles. The van der Waals surface area contributed by atoms with E-state index in [4.69, 9.17) is 9.47 Å². The molecule has 0 spiro atoms. The van der Waals surface area contributed by atoms with Gasteiger partial charge in [-0.25, -0.2) is 0 Å². The highest BCUT2D eigenvalue weighted by Gasteiger charge is 2.33. The maximum Gasteiger partial charge on any atom is 0.256 e. The van der Waals surface area contributed by atoms with E-state index in [0.717, 1.165) is 35.1 Å². The maximum atomic E-state index is 12.9. The Balaban J connectivity index is 2.32. The second-order valence-electron chi connectivity index (χ2n) is 6.08. The lowest BCUT2D eigenvalue weighted by atomic mass is 9.97. The SMILES string of the molecule is CCCC[C@@](C)(OCC)C(=O)Nc1ccc(OC)c2ccccc12. The van der Waals surface area contributed by atoms with Gasteiger partial charge in [0, 0.05) is 23.1 Å². The van der Waals surface area contributed by atoms with Crippen molar-refractivity contribution in [3.05, 3.63) is 36.4 Å². The third kappa shape index (κ3) is 3.88. The number of rotatable bonds is 8. The first kappa shape index (κ1) is 18.3. The monoisotopic (exact) mass is 329 g/mol. The van der Waals surface area contributed by atoms with E-state index in [9.17, 15) is 4.79 Å². The molecule has 0 unspecified atom stereocenters. The molecular weight excluding hydrogens is 302 g/mol. The van der Waals surface area contributed by atoms with Gasteiger partial charge in [0.05, 0.1) is 7.11 Å². The third-order valence-electron chi connectivity index (χ3n) is 4.30. The van der Waals surface area contributed by atoms with Gasteiger partial charge in [0.2, 0.25) is 0 Å². The Hall–Kier alpha value is -2.07. The van der Waals surface area contributed by atoms with Crippen molar-refractivity contribution in [1.29, 1.82) is 0 Å². The highest BCUT2D eigenvalue weighted by molar-refractivity contribution is 6.06. The normalized spacial score (nSPS) is 13.5. The highest BCUT2D eigenvalue weighted by Crippen LogP contribution is 2.32. The second-order valence-corrected chi connectivity index (χ2v) is 6.08. The fourth-order valence-corrected chi connectivity index (χ4v) is 2.90. The van der Waals surface area contributed by atoms with Crippen LogP contribution in [0.25, 0.3) is 10.8 Å². The lowest BCUT2D eigenvalue weighted by Gasteiger charge is -2.28. The van der Waals surface area contributed by atoms with Gasteiger partial charge in [-0.3, -0.25) is 4.79 Å². The van der Waals surface area contributed by atoms with Gasteiger partial charge < -0.3 is 14.8 Å². The summed E-state index contributed by atoms with van der Waals surface area (Å²) in [6.45, 7) is 6.41. The number of methoxy groups -OCH3 is 1. The van der Waals surface area contributed by atoms with Crippen LogP contribution in [0.5, 0.6) is 5.75 Å². The van der Waals surface area contributed by atoms with Crippen LogP contribution in [0.1, 0.15) is 40.0 Å². The molecule has 0 fully saturated rings. The van der Waals surface area contributed by atoms with Crippen molar-refractivity contribution in [3.63, 3.8) is 0 Å². The number of hydrogen-bond acceptors (Lipinski definition) is 3. The summed E-state index contributed by atoms with van der Waals surface area (Å²) in [6, 6.07) is 11.6. The number of fused-ring (bicyclic) bond motifs is 1. The van der Waals surface area contributed by atoms with Crippen LogP contribution in [0.3, 0.4) is 0 Å². The number of anilines is 1. The van der Waals surface area contributed by atoms with Gasteiger partial charge >= 0.3 is 0 Å². The average Bonchev–Trinajstić information content (AvgIpc) is 2.60. The Morgan fingerprint density at radius 1 is 1.12 bits per heavy atom. The van der Waals surface area contributed by atoms with E-state index < -0.39 is 5.60 Å². The zero-order valence-electron chi connectivity index (χ0n) is 15.0. The Kier molecular flexibility index (Phi) is 6.21. The summed E-state index contributed by atoms with van der Waals surface area (Å²) in [5.41, 5.74) is -0.0370. The van der Waals surface area contributed by atoms with Crippen LogP contribution in [0.2, 0.25) is 0 Å². The Bertz CT molecular complexity index is 698. The molecule has 24 heavy (non-hydrogen) atoms. The van der Waals surface area contributed by atoms with Crippen LogP contribution in [0.4, 0.5) is 5.69 Å². The summed E-state index contributed by atoms with van der Waals surface area (Å²) in [4.78, 5) is 12.9. The Morgan fingerprint density at radius 3 is 2.46 bits per heavy atom. The largest absolute Gasteiger partial charge is 0.496 e. The van der Waals surface area contributed by atoms with Crippen LogP contribution in [0.15, 0.2) is 36.4 Å². The lowest BCUT2D eigenvalue weighted by molar-refractivity contribution is -0.139. The van der Waals surface area contributed by atoms with Gasteiger partial charge in [-0.15, -0.1) is 0 Å². The molecule has 0 bridgehead atoms. The van der Waals surface area contributed by atoms with Gasteiger partial charge in [-0.2, -0.15) is 0 Å². The van der Waals surface area contributed by atoms with Crippen molar-refractivity contribution >= 4 is 22.4 Å². The second kappa shape index (κ2) is 8.15. The summed E-state index contributed by atoms with van der Waals surface area (Å²) >= 11 is 0. The molecule has 2 rings (SSSR count). The van der Waals surface area contributed by atoms with Crippen LogP contribution >= 0.6 is 0 Å². The van der Waals surface area contributed by atoms with Gasteiger partial charge in [0.15, 0.2) is 0 Å². The molecule has 0 aliphatic heterocycles. The van der Waals surface area contributed by atoms with Gasteiger partial charge in [-0.1, -0.05) is 44.0 Å². The molecule has 1 amide bonds. The molecule has 4 heteroatoms. The van der Waals surface area contributed by atoms with Crippen molar-refractivity contribution in [2.45, 2.75) is 45.6 Å². The van der Waals surface area contributed by atoms with E-state index in [2.05, 4.69) is 12.2 Å². The van der Waals surface area contributed by atoms with E-state index in [1.807, 2.05) is 50.2 Å². The van der Waals surface area contributed by atoms with Gasteiger partial charge in [0.25, 0.3) is 5.91 Å². The predicted molar refractivity (Wildman–Crippen MR) is 98.7 cm³/mol. The molecule has 2 aromatic carbocycles. The zero-order valence-corrected chi connectivity index (χ0v) is 15.0. The first-order chi connectivity index (χ1) is 11.6. The zero-order chi connectivity index (χ0) is 17.6. The molecule has 0 aromatic heterocycles. The molecule has 0 saturated carbocycles. The van der Waals surface area contributed by atoms with E-state index in [1.54, 1.807) is 7.11 Å².